The number of rotatable bonds is 5. The van der Waals surface area contributed by atoms with Crippen molar-refractivity contribution in [1.82, 2.24) is 9.78 Å². The van der Waals surface area contributed by atoms with Gasteiger partial charge in [-0.1, -0.05) is 18.2 Å². The van der Waals surface area contributed by atoms with Crippen molar-refractivity contribution in [2.24, 2.45) is 0 Å². The average molecular weight is 430 g/mol. The summed E-state index contributed by atoms with van der Waals surface area (Å²) in [5, 5.41) is 6.81. The maximum absolute atomic E-state index is 13.2. The summed E-state index contributed by atoms with van der Waals surface area (Å²) in [4.78, 5) is 50.9. The van der Waals surface area contributed by atoms with Crippen LogP contribution in [0.4, 0.5) is 11.4 Å². The van der Waals surface area contributed by atoms with E-state index in [0.717, 1.165) is 22.4 Å². The lowest BCUT2D eigenvalue weighted by atomic mass is 10.1. The highest BCUT2D eigenvalue weighted by Gasteiger charge is 2.32. The zero-order valence-corrected chi connectivity index (χ0v) is 17.7. The summed E-state index contributed by atoms with van der Waals surface area (Å²) in [6.45, 7) is 3.07. The van der Waals surface area contributed by atoms with Gasteiger partial charge in [0.1, 0.15) is 12.2 Å². The van der Waals surface area contributed by atoms with E-state index in [1.807, 2.05) is 31.2 Å². The average Bonchev–Trinajstić information content (AvgIpc) is 3.10. The molecule has 8 heteroatoms. The number of hydrogen-bond donors (Lipinski definition) is 1. The number of nitrogens with zero attached hydrogens (tertiary/aromatic N) is 3. The third kappa shape index (κ3) is 4.20. The van der Waals surface area contributed by atoms with Crippen LogP contribution in [0.1, 0.15) is 40.3 Å². The summed E-state index contributed by atoms with van der Waals surface area (Å²) in [5.41, 5.74) is 2.53. The number of anilines is 2. The molecule has 32 heavy (non-hydrogen) atoms. The number of hydrogen-bond acceptors (Lipinski definition) is 5. The molecule has 162 valence electrons. The Morgan fingerprint density at radius 2 is 1.75 bits per heavy atom. The van der Waals surface area contributed by atoms with Gasteiger partial charge in [0.15, 0.2) is 5.78 Å². The zero-order chi connectivity index (χ0) is 22.8. The number of carbonyl (C=O) groups is 3. The molecule has 0 aliphatic carbocycles. The second kappa shape index (κ2) is 8.58. The van der Waals surface area contributed by atoms with Crippen LogP contribution < -0.4 is 15.8 Å². The van der Waals surface area contributed by atoms with Gasteiger partial charge in [0.25, 0.3) is 11.5 Å². The highest BCUT2D eigenvalue weighted by Crippen LogP contribution is 2.32. The Morgan fingerprint density at radius 3 is 2.47 bits per heavy atom. The molecule has 3 aromatic rings. The van der Waals surface area contributed by atoms with E-state index < -0.39 is 11.5 Å². The molecule has 8 nitrogen and oxygen atoms in total. The molecule has 1 N–H and O–H groups in total. The highest BCUT2D eigenvalue weighted by molar-refractivity contribution is 6.06. The Morgan fingerprint density at radius 1 is 1.03 bits per heavy atom. The lowest BCUT2D eigenvalue weighted by Gasteiger charge is -2.22. The van der Waals surface area contributed by atoms with Crippen LogP contribution >= 0.6 is 0 Å². The Bertz CT molecular complexity index is 1260. The quantitative estimate of drug-likeness (QED) is 0.627. The van der Waals surface area contributed by atoms with E-state index in [1.54, 1.807) is 29.2 Å². The fourth-order valence-corrected chi connectivity index (χ4v) is 3.80. The fraction of sp³-hybridized carbons (Fsp3) is 0.208. The van der Waals surface area contributed by atoms with Crippen molar-refractivity contribution >= 4 is 29.0 Å². The summed E-state index contributed by atoms with van der Waals surface area (Å²) in [6, 6.07) is 16.7. The van der Waals surface area contributed by atoms with Crippen molar-refractivity contribution in [3.05, 3.63) is 87.8 Å². The van der Waals surface area contributed by atoms with Gasteiger partial charge in [-0.25, -0.2) is 4.68 Å². The largest absolute Gasteiger partial charge is 0.324 e. The van der Waals surface area contributed by atoms with Gasteiger partial charge in [-0.3, -0.25) is 19.2 Å². The topological polar surface area (TPSA) is 101 Å². The van der Waals surface area contributed by atoms with Crippen molar-refractivity contribution < 1.29 is 14.4 Å². The molecular weight excluding hydrogens is 408 g/mol. The van der Waals surface area contributed by atoms with Crippen molar-refractivity contribution in [3.8, 4) is 0 Å². The van der Waals surface area contributed by atoms with Crippen molar-refractivity contribution in [2.75, 3.05) is 10.2 Å². The van der Waals surface area contributed by atoms with Gasteiger partial charge in [-0.15, -0.1) is 0 Å². The van der Waals surface area contributed by atoms with E-state index in [-0.39, 0.29) is 30.0 Å². The molecule has 2 heterocycles. The minimum atomic E-state index is -0.488. The normalized spacial score (nSPS) is 14.7. The maximum atomic E-state index is 13.2. The lowest BCUT2D eigenvalue weighted by molar-refractivity contribution is -0.117. The summed E-state index contributed by atoms with van der Waals surface area (Å²) < 4.78 is 0.971. The summed E-state index contributed by atoms with van der Waals surface area (Å²) in [6.07, 6.45) is 0.742. The summed E-state index contributed by atoms with van der Waals surface area (Å²) in [7, 11) is 0. The van der Waals surface area contributed by atoms with Gasteiger partial charge in [0, 0.05) is 29.0 Å². The molecule has 2 aromatic carbocycles. The number of fused-ring (bicyclic) bond motifs is 1. The minimum Gasteiger partial charge on any atom is -0.324 e. The van der Waals surface area contributed by atoms with Gasteiger partial charge in [0.05, 0.1) is 0 Å². The number of carbonyl (C=O) groups excluding carboxylic acids is 3. The molecule has 1 atom stereocenters. The smallest absolute Gasteiger partial charge is 0.278 e. The Kier molecular flexibility index (Phi) is 5.68. The van der Waals surface area contributed by atoms with Gasteiger partial charge in [-0.05, 0) is 62.2 Å². The fourth-order valence-electron chi connectivity index (χ4n) is 3.80. The highest BCUT2D eigenvalue weighted by atomic mass is 16.2. The summed E-state index contributed by atoms with van der Waals surface area (Å²) in [5.74, 6) is -0.869. The van der Waals surface area contributed by atoms with Crippen molar-refractivity contribution in [1.29, 1.82) is 0 Å². The molecule has 2 amide bonds. The molecule has 1 aromatic heterocycles. The van der Waals surface area contributed by atoms with Gasteiger partial charge in [-0.2, -0.15) is 5.10 Å². The van der Waals surface area contributed by atoms with E-state index in [0.29, 0.717) is 11.3 Å². The van der Waals surface area contributed by atoms with Crippen LogP contribution in [0.2, 0.25) is 0 Å². The van der Waals surface area contributed by atoms with Crippen LogP contribution in [0.15, 0.2) is 65.5 Å². The van der Waals surface area contributed by atoms with Crippen LogP contribution in [0, 0.1) is 0 Å². The second-order valence-electron chi connectivity index (χ2n) is 7.75. The molecule has 0 bridgehead atoms. The number of Topliss-reactive ketones (excluding diaryl/α,β-unsaturated/α-hetero) is 1. The molecule has 0 radical (unpaired) electrons. The molecule has 0 saturated heterocycles. The van der Waals surface area contributed by atoms with E-state index in [1.165, 1.54) is 19.1 Å². The van der Waals surface area contributed by atoms with Crippen LogP contribution in [-0.2, 0) is 17.8 Å². The first-order valence-corrected chi connectivity index (χ1v) is 10.2. The number of para-hydroxylation sites is 1. The zero-order valence-electron chi connectivity index (χ0n) is 17.7. The molecule has 1 aliphatic heterocycles. The second-order valence-corrected chi connectivity index (χ2v) is 7.75. The lowest BCUT2D eigenvalue weighted by Crippen LogP contribution is -2.38. The first-order valence-electron chi connectivity index (χ1n) is 10.2. The Hall–Kier alpha value is -4.07. The molecule has 0 spiro atoms. The van der Waals surface area contributed by atoms with E-state index in [2.05, 4.69) is 10.4 Å². The molecule has 1 aliphatic rings. The van der Waals surface area contributed by atoms with Gasteiger partial charge < -0.3 is 10.2 Å². The predicted molar refractivity (Wildman–Crippen MR) is 120 cm³/mol. The van der Waals surface area contributed by atoms with E-state index in [4.69, 9.17) is 0 Å². The number of benzene rings is 2. The van der Waals surface area contributed by atoms with Crippen LogP contribution in [0.5, 0.6) is 0 Å². The molecule has 0 unspecified atom stereocenters. The SMILES string of the molecule is CC(=O)c1ccc(NC(=O)Cn2nc(C(=O)N3c4ccccc4C[C@H]3C)ccc2=O)cc1. The van der Waals surface area contributed by atoms with E-state index >= 15 is 0 Å². The number of aromatic nitrogens is 2. The van der Waals surface area contributed by atoms with Crippen LogP contribution in [0.25, 0.3) is 0 Å². The predicted octanol–water partition coefficient (Wildman–Crippen LogP) is 2.68. The summed E-state index contributed by atoms with van der Waals surface area (Å²) >= 11 is 0. The minimum absolute atomic E-state index is 0.0386. The molecule has 0 saturated carbocycles. The first-order chi connectivity index (χ1) is 15.3. The van der Waals surface area contributed by atoms with Crippen molar-refractivity contribution in [2.45, 2.75) is 32.9 Å². The van der Waals surface area contributed by atoms with Gasteiger partial charge >= 0.3 is 0 Å². The Balaban J connectivity index is 1.51. The number of amides is 2. The van der Waals surface area contributed by atoms with Gasteiger partial charge in [0.2, 0.25) is 5.91 Å². The third-order valence-corrected chi connectivity index (χ3v) is 5.38. The molecule has 0 fully saturated rings. The monoisotopic (exact) mass is 430 g/mol. The van der Waals surface area contributed by atoms with E-state index in [9.17, 15) is 19.2 Å². The maximum Gasteiger partial charge on any atom is 0.278 e. The Labute approximate surface area is 184 Å². The molecular formula is C24H22N4O4. The third-order valence-electron chi connectivity index (χ3n) is 5.38. The van der Waals surface area contributed by atoms with Crippen LogP contribution in [0.3, 0.4) is 0 Å². The standard InChI is InChI=1S/C24H22N4O4/c1-15-13-18-5-3-4-6-21(18)28(15)24(32)20-11-12-23(31)27(26-20)14-22(30)25-19-9-7-17(8-10-19)16(2)29/h3-12,15H,13-14H2,1-2H3,(H,25,30)/t15-/m1/s1. The van der Waals surface area contributed by atoms with Crippen LogP contribution in [-0.4, -0.2) is 33.4 Å². The van der Waals surface area contributed by atoms with Crippen molar-refractivity contribution in [3.63, 3.8) is 0 Å². The number of ketones is 1. The first kappa shape index (κ1) is 21.2. The molecule has 4 rings (SSSR count). The number of nitrogens with one attached hydrogen (secondary N) is 1.